The molecule has 0 bridgehead atoms. The van der Waals surface area contributed by atoms with Crippen LogP contribution in [0.2, 0.25) is 0 Å². The molecule has 6 heteroatoms. The Kier molecular flexibility index (Phi) is 3.91. The van der Waals surface area contributed by atoms with Crippen LogP contribution in [0.4, 0.5) is 0 Å². The molecule has 6 nitrogen and oxygen atoms in total. The lowest BCUT2D eigenvalue weighted by Gasteiger charge is -2.10. The van der Waals surface area contributed by atoms with Crippen LogP contribution in [0.25, 0.3) is 0 Å². The van der Waals surface area contributed by atoms with Gasteiger partial charge in [-0.3, -0.25) is 18.9 Å². The number of nitrogens with zero attached hydrogens (tertiary/aromatic N) is 3. The molecule has 1 N–H and O–H groups in total. The monoisotopic (exact) mass is 260 g/mol. The van der Waals surface area contributed by atoms with Crippen LogP contribution in [0.3, 0.4) is 0 Å². The molecule has 2 heterocycles. The molecule has 0 saturated heterocycles. The molecule has 2 rings (SSSR count). The summed E-state index contributed by atoms with van der Waals surface area (Å²) in [7, 11) is 3.13. The van der Waals surface area contributed by atoms with Crippen molar-refractivity contribution < 1.29 is 0 Å². The van der Waals surface area contributed by atoms with Crippen LogP contribution in [0.15, 0.2) is 40.2 Å². The standard InChI is InChI=1S/C13H16N4O2/c1-16-11(6-12(18)17(2)13(16)19)9-15-8-10-4-3-5-14-7-10/h3-7,15H,8-9H2,1-2H3. The molecule has 19 heavy (non-hydrogen) atoms. The maximum Gasteiger partial charge on any atom is 0.330 e. The first-order chi connectivity index (χ1) is 9.09. The molecule has 0 aliphatic heterocycles. The minimum absolute atomic E-state index is 0.290. The summed E-state index contributed by atoms with van der Waals surface area (Å²) in [5.41, 5.74) is 1.11. The lowest BCUT2D eigenvalue weighted by molar-refractivity contribution is 0.600. The maximum absolute atomic E-state index is 11.7. The van der Waals surface area contributed by atoms with Gasteiger partial charge in [-0.15, -0.1) is 0 Å². The summed E-state index contributed by atoms with van der Waals surface area (Å²) >= 11 is 0. The first-order valence-electron chi connectivity index (χ1n) is 5.95. The summed E-state index contributed by atoms with van der Waals surface area (Å²) in [6.07, 6.45) is 3.49. The Labute approximate surface area is 110 Å². The molecule has 0 aliphatic rings. The molecule has 0 aromatic carbocycles. The molecule has 2 aromatic rings. The van der Waals surface area contributed by atoms with E-state index >= 15 is 0 Å². The van der Waals surface area contributed by atoms with Crippen LogP contribution < -0.4 is 16.6 Å². The zero-order chi connectivity index (χ0) is 13.8. The van der Waals surface area contributed by atoms with Gasteiger partial charge >= 0.3 is 5.69 Å². The first kappa shape index (κ1) is 13.2. The molecule has 0 fully saturated rings. The van der Waals surface area contributed by atoms with E-state index in [1.165, 1.54) is 17.7 Å². The van der Waals surface area contributed by atoms with Crippen LogP contribution in [0, 0.1) is 0 Å². The van der Waals surface area contributed by atoms with E-state index < -0.39 is 0 Å². The first-order valence-corrected chi connectivity index (χ1v) is 5.95. The Hall–Kier alpha value is -2.21. The van der Waals surface area contributed by atoms with Crippen molar-refractivity contribution in [2.24, 2.45) is 14.1 Å². The average Bonchev–Trinajstić information content (AvgIpc) is 2.43. The fourth-order valence-corrected chi connectivity index (χ4v) is 1.79. The molecular formula is C13H16N4O2. The van der Waals surface area contributed by atoms with Crippen molar-refractivity contribution >= 4 is 0 Å². The van der Waals surface area contributed by atoms with Crippen molar-refractivity contribution in [3.05, 3.63) is 62.7 Å². The summed E-state index contributed by atoms with van der Waals surface area (Å²) in [5, 5.41) is 3.18. The number of pyridine rings is 1. The largest absolute Gasteiger partial charge is 0.330 e. The third-order valence-corrected chi connectivity index (χ3v) is 2.98. The summed E-state index contributed by atoms with van der Waals surface area (Å²) < 4.78 is 2.56. The molecule has 0 aliphatic carbocycles. The van der Waals surface area contributed by atoms with Crippen molar-refractivity contribution in [2.75, 3.05) is 0 Å². The van der Waals surface area contributed by atoms with Crippen molar-refractivity contribution in [3.63, 3.8) is 0 Å². The van der Waals surface area contributed by atoms with Gasteiger partial charge in [0.05, 0.1) is 0 Å². The normalized spacial score (nSPS) is 10.6. The molecule has 0 saturated carbocycles. The van der Waals surface area contributed by atoms with Crippen LogP contribution in [-0.4, -0.2) is 14.1 Å². The van der Waals surface area contributed by atoms with Gasteiger partial charge in [-0.2, -0.15) is 0 Å². The van der Waals surface area contributed by atoms with Gasteiger partial charge in [0.15, 0.2) is 0 Å². The number of nitrogens with one attached hydrogen (secondary N) is 1. The molecule has 0 atom stereocenters. The highest BCUT2D eigenvalue weighted by atomic mass is 16.2. The molecule has 0 radical (unpaired) electrons. The van der Waals surface area contributed by atoms with Crippen LogP contribution in [0.1, 0.15) is 11.3 Å². The van der Waals surface area contributed by atoms with E-state index in [-0.39, 0.29) is 11.2 Å². The fourth-order valence-electron chi connectivity index (χ4n) is 1.79. The van der Waals surface area contributed by atoms with Gasteiger partial charge in [0.2, 0.25) is 0 Å². The summed E-state index contributed by atoms with van der Waals surface area (Å²) in [6.45, 7) is 1.09. The molecule has 0 unspecified atom stereocenters. The van der Waals surface area contributed by atoms with Crippen molar-refractivity contribution in [1.29, 1.82) is 0 Å². The van der Waals surface area contributed by atoms with Gasteiger partial charge in [-0.05, 0) is 11.6 Å². The number of hydrogen-bond donors (Lipinski definition) is 1. The second kappa shape index (κ2) is 5.62. The van der Waals surface area contributed by atoms with E-state index in [4.69, 9.17) is 0 Å². The quantitative estimate of drug-likeness (QED) is 0.824. The lowest BCUT2D eigenvalue weighted by atomic mass is 10.3. The van der Waals surface area contributed by atoms with Crippen molar-refractivity contribution in [2.45, 2.75) is 13.1 Å². The second-order valence-electron chi connectivity index (χ2n) is 4.34. The third kappa shape index (κ3) is 2.97. The Morgan fingerprint density at radius 3 is 2.68 bits per heavy atom. The van der Waals surface area contributed by atoms with E-state index in [1.54, 1.807) is 19.4 Å². The zero-order valence-corrected chi connectivity index (χ0v) is 11.0. The van der Waals surface area contributed by atoms with Crippen LogP contribution in [0.5, 0.6) is 0 Å². The highest BCUT2D eigenvalue weighted by molar-refractivity contribution is 5.08. The topological polar surface area (TPSA) is 68.9 Å². The third-order valence-electron chi connectivity index (χ3n) is 2.98. The van der Waals surface area contributed by atoms with E-state index in [9.17, 15) is 9.59 Å². The minimum atomic E-state index is -0.314. The number of hydrogen-bond acceptors (Lipinski definition) is 4. The molecule has 0 amide bonds. The molecule has 0 spiro atoms. The predicted octanol–water partition coefficient (Wildman–Crippen LogP) is -0.231. The predicted molar refractivity (Wildman–Crippen MR) is 71.7 cm³/mol. The van der Waals surface area contributed by atoms with E-state index in [1.807, 2.05) is 12.1 Å². The molecule has 100 valence electrons. The Balaban J connectivity index is 2.09. The van der Waals surface area contributed by atoms with Crippen LogP contribution >= 0.6 is 0 Å². The number of rotatable bonds is 4. The van der Waals surface area contributed by atoms with E-state index in [0.29, 0.717) is 18.8 Å². The maximum atomic E-state index is 11.7. The van der Waals surface area contributed by atoms with Gasteiger partial charge in [0.25, 0.3) is 5.56 Å². The van der Waals surface area contributed by atoms with Crippen molar-refractivity contribution in [3.8, 4) is 0 Å². The van der Waals surface area contributed by atoms with E-state index in [0.717, 1.165) is 10.1 Å². The summed E-state index contributed by atoms with van der Waals surface area (Å²) in [6, 6.07) is 5.30. The van der Waals surface area contributed by atoms with E-state index in [2.05, 4.69) is 10.3 Å². The smallest absolute Gasteiger partial charge is 0.307 e. The fraction of sp³-hybridized carbons (Fsp3) is 0.308. The van der Waals surface area contributed by atoms with Gasteiger partial charge < -0.3 is 5.32 Å². The van der Waals surface area contributed by atoms with Gasteiger partial charge in [-0.25, -0.2) is 4.79 Å². The lowest BCUT2D eigenvalue weighted by Crippen LogP contribution is -2.38. The van der Waals surface area contributed by atoms with Gasteiger partial charge in [0.1, 0.15) is 0 Å². The molecule has 2 aromatic heterocycles. The highest BCUT2D eigenvalue weighted by Gasteiger charge is 2.05. The second-order valence-corrected chi connectivity index (χ2v) is 4.34. The highest BCUT2D eigenvalue weighted by Crippen LogP contribution is 1.96. The Morgan fingerprint density at radius 2 is 2.00 bits per heavy atom. The molecular weight excluding hydrogens is 244 g/mol. The minimum Gasteiger partial charge on any atom is -0.307 e. The summed E-state index contributed by atoms with van der Waals surface area (Å²) in [4.78, 5) is 27.3. The average molecular weight is 260 g/mol. The van der Waals surface area contributed by atoms with Crippen molar-refractivity contribution in [1.82, 2.24) is 19.4 Å². The van der Waals surface area contributed by atoms with Gasteiger partial charge in [0, 0.05) is 51.3 Å². The van der Waals surface area contributed by atoms with Crippen LogP contribution in [-0.2, 0) is 27.2 Å². The van der Waals surface area contributed by atoms with Gasteiger partial charge in [-0.1, -0.05) is 6.07 Å². The SMILES string of the molecule is Cn1c(CNCc2cccnc2)cc(=O)n(C)c1=O. The summed E-state index contributed by atoms with van der Waals surface area (Å²) in [5.74, 6) is 0. The Morgan fingerprint density at radius 1 is 1.21 bits per heavy atom. The zero-order valence-electron chi connectivity index (χ0n) is 11.0. The Bertz CT molecular complexity index is 673. The number of aromatic nitrogens is 3.